The molecule has 0 spiro atoms. The van der Waals surface area contributed by atoms with E-state index < -0.39 is 4.92 Å². The molecule has 2 aromatic rings. The van der Waals surface area contributed by atoms with Crippen molar-refractivity contribution in [1.82, 2.24) is 5.32 Å². The molecule has 1 amide bonds. The molecule has 0 aliphatic rings. The van der Waals surface area contributed by atoms with Gasteiger partial charge in [-0.3, -0.25) is 14.9 Å². The lowest BCUT2D eigenvalue weighted by molar-refractivity contribution is -0.384. The van der Waals surface area contributed by atoms with E-state index in [1.807, 2.05) is 6.92 Å². The van der Waals surface area contributed by atoms with E-state index in [4.69, 9.17) is 0 Å². The summed E-state index contributed by atoms with van der Waals surface area (Å²) in [5.74, 6) is 0.561. The van der Waals surface area contributed by atoms with Crippen molar-refractivity contribution in [2.45, 2.75) is 11.8 Å². The fourth-order valence-electron chi connectivity index (χ4n) is 1.95. The second-order valence-corrected chi connectivity index (χ2v) is 6.31. The van der Waals surface area contributed by atoms with Crippen molar-refractivity contribution in [2.75, 3.05) is 12.3 Å². The number of non-ortho nitro benzene ring substituents is 1. The van der Waals surface area contributed by atoms with Crippen LogP contribution >= 0.6 is 11.8 Å². The fourth-order valence-corrected chi connectivity index (χ4v) is 2.72. The van der Waals surface area contributed by atoms with Gasteiger partial charge in [0.15, 0.2) is 0 Å². The van der Waals surface area contributed by atoms with E-state index >= 15 is 0 Å². The van der Waals surface area contributed by atoms with Crippen LogP contribution < -0.4 is 5.32 Å². The number of aryl methyl sites for hydroxylation is 1. The zero-order valence-corrected chi connectivity index (χ0v) is 14.1. The quantitative estimate of drug-likeness (QED) is 0.273. The van der Waals surface area contributed by atoms with Crippen LogP contribution in [0.2, 0.25) is 0 Å². The van der Waals surface area contributed by atoms with E-state index in [9.17, 15) is 14.9 Å². The average molecular weight is 342 g/mol. The first kappa shape index (κ1) is 17.7. The van der Waals surface area contributed by atoms with Crippen molar-refractivity contribution < 1.29 is 9.72 Å². The van der Waals surface area contributed by atoms with Crippen LogP contribution in [0, 0.1) is 17.0 Å². The van der Waals surface area contributed by atoms with Gasteiger partial charge in [0.25, 0.3) is 5.69 Å². The summed E-state index contributed by atoms with van der Waals surface area (Å²) in [7, 11) is 0. The largest absolute Gasteiger partial charge is 0.352 e. The van der Waals surface area contributed by atoms with E-state index in [0.717, 1.165) is 5.75 Å². The van der Waals surface area contributed by atoms with Crippen LogP contribution in [-0.2, 0) is 4.79 Å². The maximum atomic E-state index is 11.8. The number of hydrogen-bond donors (Lipinski definition) is 1. The lowest BCUT2D eigenvalue weighted by Gasteiger charge is -2.03. The van der Waals surface area contributed by atoms with E-state index in [2.05, 4.69) is 29.6 Å². The Labute approximate surface area is 144 Å². The molecule has 0 heterocycles. The van der Waals surface area contributed by atoms with Crippen LogP contribution in [0.4, 0.5) is 5.69 Å². The zero-order chi connectivity index (χ0) is 17.4. The highest BCUT2D eigenvalue weighted by Gasteiger charge is 2.04. The van der Waals surface area contributed by atoms with Crippen LogP contribution in [0.5, 0.6) is 0 Å². The summed E-state index contributed by atoms with van der Waals surface area (Å²) in [4.78, 5) is 23.2. The Morgan fingerprint density at radius 3 is 2.71 bits per heavy atom. The fraction of sp³-hybridized carbons (Fsp3) is 0.167. The number of nitrogens with one attached hydrogen (secondary N) is 1. The molecule has 5 nitrogen and oxygen atoms in total. The molecule has 124 valence electrons. The molecular weight excluding hydrogens is 324 g/mol. The second kappa shape index (κ2) is 8.88. The van der Waals surface area contributed by atoms with Gasteiger partial charge in [0.05, 0.1) is 4.92 Å². The third-order valence-electron chi connectivity index (χ3n) is 3.20. The van der Waals surface area contributed by atoms with Gasteiger partial charge in [-0.15, -0.1) is 11.8 Å². The number of nitro groups is 1. The van der Waals surface area contributed by atoms with E-state index in [0.29, 0.717) is 12.1 Å². The molecule has 2 rings (SSSR count). The Kier molecular flexibility index (Phi) is 6.57. The molecule has 0 radical (unpaired) electrons. The molecule has 0 atom stereocenters. The summed E-state index contributed by atoms with van der Waals surface area (Å²) in [6.45, 7) is 2.60. The minimum absolute atomic E-state index is 0.00653. The summed E-state index contributed by atoms with van der Waals surface area (Å²) in [6.07, 6.45) is 2.95. The minimum atomic E-state index is -0.459. The number of amides is 1. The summed E-state index contributed by atoms with van der Waals surface area (Å²) in [6, 6.07) is 14.4. The zero-order valence-electron chi connectivity index (χ0n) is 13.3. The first-order chi connectivity index (χ1) is 11.5. The molecule has 0 aromatic heterocycles. The lowest BCUT2D eigenvalue weighted by atomic mass is 10.2. The SMILES string of the molecule is Cc1ccc(SCCNC(=O)/C=C/c2cccc([N+](=O)[O-])c2)cc1. The number of nitrogens with zero attached hydrogens (tertiary/aromatic N) is 1. The third-order valence-corrected chi connectivity index (χ3v) is 4.21. The van der Waals surface area contributed by atoms with Gasteiger partial charge in [0.2, 0.25) is 5.91 Å². The van der Waals surface area contributed by atoms with Crippen LogP contribution in [0.15, 0.2) is 59.5 Å². The number of rotatable bonds is 7. The van der Waals surface area contributed by atoms with Gasteiger partial charge in [-0.1, -0.05) is 29.8 Å². The van der Waals surface area contributed by atoms with Crippen LogP contribution in [0.1, 0.15) is 11.1 Å². The molecular formula is C18H18N2O3S. The van der Waals surface area contributed by atoms with Crippen molar-refractivity contribution in [1.29, 1.82) is 0 Å². The summed E-state index contributed by atoms with van der Waals surface area (Å²) in [5, 5.41) is 13.5. The highest BCUT2D eigenvalue weighted by molar-refractivity contribution is 7.99. The predicted molar refractivity (Wildman–Crippen MR) is 97.0 cm³/mol. The summed E-state index contributed by atoms with van der Waals surface area (Å²) in [5.41, 5.74) is 1.85. The smallest absolute Gasteiger partial charge is 0.270 e. The molecule has 0 bridgehead atoms. The van der Waals surface area contributed by atoms with Crippen molar-refractivity contribution in [2.24, 2.45) is 0 Å². The number of carbonyl (C=O) groups is 1. The summed E-state index contributed by atoms with van der Waals surface area (Å²) < 4.78 is 0. The standard InChI is InChI=1S/C18H18N2O3S/c1-14-5-8-17(9-6-14)24-12-11-19-18(21)10-7-15-3-2-4-16(13-15)20(22)23/h2-10,13H,11-12H2,1H3,(H,19,21)/b10-7+. The van der Waals surface area contributed by atoms with Gasteiger partial charge >= 0.3 is 0 Å². The minimum Gasteiger partial charge on any atom is -0.352 e. The van der Waals surface area contributed by atoms with Crippen molar-refractivity contribution in [3.8, 4) is 0 Å². The first-order valence-electron chi connectivity index (χ1n) is 7.44. The topological polar surface area (TPSA) is 72.2 Å². The van der Waals surface area contributed by atoms with Gasteiger partial charge in [-0.2, -0.15) is 0 Å². The Morgan fingerprint density at radius 2 is 2.00 bits per heavy atom. The number of thioether (sulfide) groups is 1. The molecule has 0 aliphatic carbocycles. The van der Waals surface area contributed by atoms with Crippen molar-refractivity contribution in [3.05, 3.63) is 75.8 Å². The highest BCUT2D eigenvalue weighted by Crippen LogP contribution is 2.17. The predicted octanol–water partition coefficient (Wildman–Crippen LogP) is 3.82. The molecule has 0 saturated carbocycles. The number of hydrogen-bond acceptors (Lipinski definition) is 4. The molecule has 6 heteroatoms. The monoisotopic (exact) mass is 342 g/mol. The molecule has 2 aromatic carbocycles. The number of carbonyl (C=O) groups excluding carboxylic acids is 1. The maximum absolute atomic E-state index is 11.8. The van der Waals surface area contributed by atoms with Crippen LogP contribution in [-0.4, -0.2) is 23.1 Å². The molecule has 0 aliphatic heterocycles. The van der Waals surface area contributed by atoms with Gasteiger partial charge in [-0.05, 0) is 30.7 Å². The van der Waals surface area contributed by atoms with Crippen LogP contribution in [0.3, 0.4) is 0 Å². The Balaban J connectivity index is 1.75. The van der Waals surface area contributed by atoms with Gasteiger partial charge < -0.3 is 5.32 Å². The molecule has 0 unspecified atom stereocenters. The molecule has 24 heavy (non-hydrogen) atoms. The Bertz CT molecular complexity index is 742. The Hall–Kier alpha value is -2.60. The van der Waals surface area contributed by atoms with Crippen molar-refractivity contribution >= 4 is 29.4 Å². The van der Waals surface area contributed by atoms with Gasteiger partial charge in [0, 0.05) is 35.4 Å². The normalized spacial score (nSPS) is 10.7. The molecule has 0 fully saturated rings. The highest BCUT2D eigenvalue weighted by atomic mass is 32.2. The number of nitro benzene ring substituents is 1. The Morgan fingerprint density at radius 1 is 1.25 bits per heavy atom. The number of benzene rings is 2. The third kappa shape index (κ3) is 5.89. The second-order valence-electron chi connectivity index (χ2n) is 5.14. The van der Waals surface area contributed by atoms with Crippen LogP contribution in [0.25, 0.3) is 6.08 Å². The van der Waals surface area contributed by atoms with E-state index in [1.165, 1.54) is 28.7 Å². The molecule has 1 N–H and O–H groups in total. The average Bonchev–Trinajstić information content (AvgIpc) is 2.58. The van der Waals surface area contributed by atoms with Gasteiger partial charge in [0.1, 0.15) is 0 Å². The maximum Gasteiger partial charge on any atom is 0.270 e. The lowest BCUT2D eigenvalue weighted by Crippen LogP contribution is -2.23. The van der Waals surface area contributed by atoms with E-state index in [-0.39, 0.29) is 11.6 Å². The summed E-state index contributed by atoms with van der Waals surface area (Å²) >= 11 is 1.68. The van der Waals surface area contributed by atoms with Gasteiger partial charge in [-0.25, -0.2) is 0 Å². The van der Waals surface area contributed by atoms with Crippen molar-refractivity contribution in [3.63, 3.8) is 0 Å². The first-order valence-corrected chi connectivity index (χ1v) is 8.43. The van der Waals surface area contributed by atoms with E-state index in [1.54, 1.807) is 30.0 Å². The molecule has 0 saturated heterocycles.